The molecule has 3 amide bonds. The molecule has 0 aromatic heterocycles. The van der Waals surface area contributed by atoms with Crippen molar-refractivity contribution < 1.29 is 14.4 Å². The molecule has 0 aliphatic carbocycles. The van der Waals surface area contributed by atoms with Crippen molar-refractivity contribution in [3.8, 4) is 0 Å². The Bertz CT molecular complexity index is 1130. The second kappa shape index (κ2) is 7.90. The molecule has 0 radical (unpaired) electrons. The molecule has 1 spiro atoms. The molecule has 2 fully saturated rings. The molecule has 32 heavy (non-hydrogen) atoms. The maximum Gasteiger partial charge on any atom is 0.253 e. The first-order valence-corrected chi connectivity index (χ1v) is 12.4. The highest BCUT2D eigenvalue weighted by Crippen LogP contribution is 2.55. The summed E-state index contributed by atoms with van der Waals surface area (Å²) in [5.41, 5.74) is 1.09. The molecule has 4 atom stereocenters. The summed E-state index contributed by atoms with van der Waals surface area (Å²) >= 11 is 8.09. The molecule has 0 unspecified atom stereocenters. The Morgan fingerprint density at radius 3 is 2.53 bits per heavy atom. The first-order chi connectivity index (χ1) is 15.4. The average Bonchev–Trinajstić information content (AvgIpc) is 3.34. The molecule has 6 nitrogen and oxygen atoms in total. The number of para-hydroxylation sites is 1. The van der Waals surface area contributed by atoms with Crippen molar-refractivity contribution in [2.24, 2.45) is 11.8 Å². The Labute approximate surface area is 196 Å². The summed E-state index contributed by atoms with van der Waals surface area (Å²) in [7, 11) is 1.52. The number of hydrogen-bond donors (Lipinski definition) is 1. The fourth-order valence-corrected chi connectivity index (χ4v) is 6.22. The average molecular weight is 470 g/mol. The molecule has 2 saturated heterocycles. The number of carbonyl (C=O) groups excluding carboxylic acids is 3. The molecule has 166 valence electrons. The molecule has 0 saturated carbocycles. The maximum absolute atomic E-state index is 14.2. The smallest absolute Gasteiger partial charge is 0.253 e. The predicted octanol–water partition coefficient (Wildman–Crippen LogP) is 3.04. The Hall–Kier alpha value is -2.35. The van der Waals surface area contributed by atoms with Crippen molar-refractivity contribution in [3.63, 3.8) is 0 Å². The van der Waals surface area contributed by atoms with Crippen LogP contribution in [-0.2, 0) is 26.5 Å². The third kappa shape index (κ3) is 2.87. The Morgan fingerprint density at radius 1 is 1.06 bits per heavy atom. The number of anilines is 1. The zero-order chi connectivity index (χ0) is 22.6. The number of halogens is 1. The molecule has 0 bridgehead atoms. The minimum atomic E-state index is -1.25. The van der Waals surface area contributed by atoms with Crippen molar-refractivity contribution >= 4 is 46.8 Å². The number of fused-ring (bicyclic) bond motifs is 4. The monoisotopic (exact) mass is 469 g/mol. The number of hydrogen-bond acceptors (Lipinski definition) is 5. The molecule has 3 heterocycles. The van der Waals surface area contributed by atoms with E-state index in [-0.39, 0.29) is 23.8 Å². The first kappa shape index (κ1) is 21.5. The minimum absolute atomic E-state index is 0.197. The van der Waals surface area contributed by atoms with E-state index in [0.29, 0.717) is 18.0 Å². The summed E-state index contributed by atoms with van der Waals surface area (Å²) in [5, 5.41) is 4.10. The van der Waals surface area contributed by atoms with Crippen molar-refractivity contribution in [1.29, 1.82) is 0 Å². The van der Waals surface area contributed by atoms with Gasteiger partial charge in [-0.25, -0.2) is 0 Å². The van der Waals surface area contributed by atoms with Gasteiger partial charge in [-0.1, -0.05) is 48.0 Å². The lowest BCUT2D eigenvalue weighted by Crippen LogP contribution is -2.54. The molecular formula is C24H24ClN3O3S. The maximum atomic E-state index is 14.2. The molecule has 8 heteroatoms. The van der Waals surface area contributed by atoms with Crippen LogP contribution in [0.5, 0.6) is 0 Å². The van der Waals surface area contributed by atoms with Gasteiger partial charge in [-0.3, -0.25) is 24.6 Å². The van der Waals surface area contributed by atoms with Gasteiger partial charge in [0.05, 0.1) is 18.4 Å². The number of nitrogens with one attached hydrogen (secondary N) is 1. The predicted molar refractivity (Wildman–Crippen MR) is 125 cm³/mol. The highest BCUT2D eigenvalue weighted by atomic mass is 35.5. The number of imide groups is 1. The topological polar surface area (TPSA) is 69.7 Å². The Balaban J connectivity index is 1.63. The van der Waals surface area contributed by atoms with Crippen LogP contribution in [0.4, 0.5) is 5.69 Å². The third-order valence-corrected chi connectivity index (χ3v) is 8.02. The van der Waals surface area contributed by atoms with E-state index in [9.17, 15) is 14.4 Å². The molecule has 5 rings (SSSR count). The zero-order valence-electron chi connectivity index (χ0n) is 17.9. The summed E-state index contributed by atoms with van der Waals surface area (Å²) in [4.78, 5) is 43.4. The standard InChI is InChI=1S/C24H24ClN3O3S/c1-27-21(29)19-17(11-12-32-2)26-24(20(19)22(27)30)15-8-4-6-10-18(15)28(23(24)31)13-14-7-3-5-9-16(14)25/h3-10,17,19-20,26H,11-13H2,1-2H3/t17-,19-,20-,24-/m0/s1. The number of amides is 3. The second-order valence-electron chi connectivity index (χ2n) is 8.58. The van der Waals surface area contributed by atoms with Gasteiger partial charge in [0.1, 0.15) is 5.54 Å². The van der Waals surface area contributed by atoms with Gasteiger partial charge in [0.15, 0.2) is 0 Å². The second-order valence-corrected chi connectivity index (χ2v) is 9.97. The summed E-state index contributed by atoms with van der Waals surface area (Å²) in [6.07, 6.45) is 2.72. The molecular weight excluding hydrogens is 446 g/mol. The van der Waals surface area contributed by atoms with Crippen LogP contribution in [-0.4, -0.2) is 47.7 Å². The molecule has 2 aromatic rings. The fraction of sp³-hybridized carbons (Fsp3) is 0.375. The third-order valence-electron chi connectivity index (χ3n) is 7.01. The van der Waals surface area contributed by atoms with Crippen molar-refractivity contribution in [2.45, 2.75) is 24.5 Å². The summed E-state index contributed by atoms with van der Waals surface area (Å²) in [6.45, 7) is 0.295. The lowest BCUT2D eigenvalue weighted by molar-refractivity contribution is -0.141. The number of nitrogens with zero attached hydrogens (tertiary/aromatic N) is 2. The Morgan fingerprint density at radius 2 is 1.78 bits per heavy atom. The van der Waals surface area contributed by atoms with Gasteiger partial charge < -0.3 is 4.90 Å². The fourth-order valence-electron chi connectivity index (χ4n) is 5.54. The number of carbonyl (C=O) groups is 3. The van der Waals surface area contributed by atoms with E-state index in [2.05, 4.69) is 5.32 Å². The van der Waals surface area contributed by atoms with Crippen molar-refractivity contribution in [3.05, 3.63) is 64.7 Å². The van der Waals surface area contributed by atoms with E-state index in [1.54, 1.807) is 22.7 Å². The van der Waals surface area contributed by atoms with Gasteiger partial charge in [-0.2, -0.15) is 11.8 Å². The van der Waals surface area contributed by atoms with E-state index >= 15 is 0 Å². The lowest BCUT2D eigenvalue weighted by Gasteiger charge is -2.30. The van der Waals surface area contributed by atoms with Crippen LogP contribution in [0, 0.1) is 11.8 Å². The van der Waals surface area contributed by atoms with Crippen LogP contribution in [0.25, 0.3) is 0 Å². The van der Waals surface area contributed by atoms with E-state index < -0.39 is 17.4 Å². The van der Waals surface area contributed by atoms with Gasteiger partial charge >= 0.3 is 0 Å². The minimum Gasteiger partial charge on any atom is -0.306 e. The largest absolute Gasteiger partial charge is 0.306 e. The normalized spacial score (nSPS) is 28.7. The van der Waals surface area contributed by atoms with E-state index in [1.165, 1.54) is 11.9 Å². The van der Waals surface area contributed by atoms with Crippen LogP contribution >= 0.6 is 23.4 Å². The van der Waals surface area contributed by atoms with Crippen molar-refractivity contribution in [2.75, 3.05) is 24.0 Å². The van der Waals surface area contributed by atoms with Gasteiger partial charge in [0, 0.05) is 29.4 Å². The molecule has 3 aliphatic heterocycles. The van der Waals surface area contributed by atoms with E-state index in [4.69, 9.17) is 11.6 Å². The quantitative estimate of drug-likeness (QED) is 0.681. The van der Waals surface area contributed by atoms with Gasteiger partial charge in [-0.15, -0.1) is 0 Å². The summed E-state index contributed by atoms with van der Waals surface area (Å²) in [6, 6.07) is 14.8. The summed E-state index contributed by atoms with van der Waals surface area (Å²) in [5.74, 6) is -1.15. The molecule has 3 aliphatic rings. The van der Waals surface area contributed by atoms with Crippen LogP contribution < -0.4 is 10.2 Å². The van der Waals surface area contributed by atoms with Crippen LogP contribution in [0.2, 0.25) is 5.02 Å². The number of benzene rings is 2. The molecule has 2 aromatic carbocycles. The van der Waals surface area contributed by atoms with Gasteiger partial charge in [-0.05, 0) is 36.1 Å². The zero-order valence-corrected chi connectivity index (χ0v) is 19.4. The lowest BCUT2D eigenvalue weighted by atomic mass is 9.76. The SMILES string of the molecule is CSCC[C@@H]1N[C@]2(C(=O)N(Cc3ccccc3Cl)c3ccccc32)[C@@H]2C(=O)N(C)C(=O)[C@@H]12. The number of rotatable bonds is 5. The highest BCUT2D eigenvalue weighted by molar-refractivity contribution is 7.98. The van der Waals surface area contributed by atoms with Crippen molar-refractivity contribution in [1.82, 2.24) is 10.2 Å². The van der Waals surface area contributed by atoms with Gasteiger partial charge in [0.25, 0.3) is 5.91 Å². The van der Waals surface area contributed by atoms with Crippen LogP contribution in [0.1, 0.15) is 17.5 Å². The molecule has 1 N–H and O–H groups in total. The van der Waals surface area contributed by atoms with E-state index in [1.807, 2.05) is 48.7 Å². The number of thioether (sulfide) groups is 1. The number of likely N-dealkylation sites (tertiary alicyclic amines) is 1. The highest BCUT2D eigenvalue weighted by Gasteiger charge is 2.70. The van der Waals surface area contributed by atoms with Crippen LogP contribution in [0.15, 0.2) is 48.5 Å². The first-order valence-electron chi connectivity index (χ1n) is 10.6. The van der Waals surface area contributed by atoms with Crippen LogP contribution in [0.3, 0.4) is 0 Å². The summed E-state index contributed by atoms with van der Waals surface area (Å²) < 4.78 is 0. The Kier molecular flexibility index (Phi) is 5.31. The van der Waals surface area contributed by atoms with E-state index in [0.717, 1.165) is 22.6 Å². The van der Waals surface area contributed by atoms with Gasteiger partial charge in [0.2, 0.25) is 11.8 Å².